The van der Waals surface area contributed by atoms with Gasteiger partial charge in [0.1, 0.15) is 5.82 Å². The van der Waals surface area contributed by atoms with E-state index >= 15 is 0 Å². The Balaban J connectivity index is 1.15. The van der Waals surface area contributed by atoms with E-state index in [2.05, 4.69) is 71.2 Å². The van der Waals surface area contributed by atoms with Gasteiger partial charge >= 0.3 is 0 Å². The van der Waals surface area contributed by atoms with Crippen molar-refractivity contribution in [1.82, 2.24) is 14.8 Å². The van der Waals surface area contributed by atoms with E-state index in [4.69, 9.17) is 4.98 Å². The van der Waals surface area contributed by atoms with Gasteiger partial charge in [-0.15, -0.1) is 11.3 Å². The first-order valence-corrected chi connectivity index (χ1v) is 14.8. The quantitative estimate of drug-likeness (QED) is 0.193. The summed E-state index contributed by atoms with van der Waals surface area (Å²) in [6, 6.07) is 26.7. The highest BCUT2D eigenvalue weighted by Gasteiger charge is 2.55. The van der Waals surface area contributed by atoms with Crippen LogP contribution in [0, 0.1) is 5.41 Å². The molecule has 2 bridgehead atoms. The normalized spacial score (nSPS) is 21.1. The molecule has 2 unspecified atom stereocenters. The van der Waals surface area contributed by atoms with Gasteiger partial charge in [0.2, 0.25) is 5.91 Å². The highest BCUT2D eigenvalue weighted by atomic mass is 32.1. The van der Waals surface area contributed by atoms with Crippen molar-refractivity contribution in [3.05, 3.63) is 118 Å². The Labute approximate surface area is 242 Å². The molecule has 3 N–H and O–H groups in total. The molecule has 41 heavy (non-hydrogen) atoms. The second-order valence-electron chi connectivity index (χ2n) is 11.0. The van der Waals surface area contributed by atoms with Crippen molar-refractivity contribution in [2.24, 2.45) is 12.5 Å². The van der Waals surface area contributed by atoms with Gasteiger partial charge in [-0.3, -0.25) is 9.48 Å². The molecule has 0 aliphatic heterocycles. The van der Waals surface area contributed by atoms with Crippen molar-refractivity contribution in [2.75, 3.05) is 10.6 Å². The fourth-order valence-electron chi connectivity index (χ4n) is 6.84. The summed E-state index contributed by atoms with van der Waals surface area (Å²) in [5.74, 6) is 0.964. The highest BCUT2D eigenvalue weighted by molar-refractivity contribution is 7.14. The lowest BCUT2D eigenvalue weighted by molar-refractivity contribution is -0.128. The SMILES string of the molecule is CCC1(C(=O)Nc2nc(-c3cccc(C(O)Nc4ccnn4C)c3)cs2)CC2c3ccccc3C1c1ccccc12. The number of aryl methyl sites for hydroxylation is 1. The molecule has 2 atom stereocenters. The Hall–Kier alpha value is -4.27. The van der Waals surface area contributed by atoms with Gasteiger partial charge in [-0.25, -0.2) is 4.98 Å². The molecular formula is C33H31N5O2S. The van der Waals surface area contributed by atoms with Crippen LogP contribution in [0.1, 0.15) is 65.6 Å². The molecule has 3 aliphatic carbocycles. The zero-order chi connectivity index (χ0) is 28.1. The fourth-order valence-corrected chi connectivity index (χ4v) is 7.55. The van der Waals surface area contributed by atoms with Crippen molar-refractivity contribution < 1.29 is 9.90 Å². The summed E-state index contributed by atoms with van der Waals surface area (Å²) in [7, 11) is 1.81. The largest absolute Gasteiger partial charge is 0.369 e. The number of aliphatic hydroxyl groups excluding tert-OH is 1. The van der Waals surface area contributed by atoms with Crippen LogP contribution in [-0.4, -0.2) is 25.8 Å². The number of anilines is 2. The number of aromatic nitrogens is 3. The van der Waals surface area contributed by atoms with E-state index in [1.807, 2.05) is 36.7 Å². The topological polar surface area (TPSA) is 92.1 Å². The predicted molar refractivity (Wildman–Crippen MR) is 162 cm³/mol. The minimum Gasteiger partial charge on any atom is -0.369 e. The molecule has 8 rings (SSSR count). The van der Waals surface area contributed by atoms with Crippen LogP contribution in [0.2, 0.25) is 0 Å². The second-order valence-corrected chi connectivity index (χ2v) is 11.8. The zero-order valence-corrected chi connectivity index (χ0v) is 23.7. The van der Waals surface area contributed by atoms with Gasteiger partial charge in [0.05, 0.1) is 17.3 Å². The summed E-state index contributed by atoms with van der Waals surface area (Å²) in [6.07, 6.45) is 2.30. The first-order valence-electron chi connectivity index (χ1n) is 14.0. The van der Waals surface area contributed by atoms with E-state index in [0.29, 0.717) is 16.5 Å². The molecule has 0 saturated carbocycles. The van der Waals surface area contributed by atoms with Gasteiger partial charge in [-0.05, 0) is 41.2 Å². The van der Waals surface area contributed by atoms with Crippen LogP contribution in [0.5, 0.6) is 0 Å². The molecule has 0 fully saturated rings. The Kier molecular flexibility index (Phi) is 6.25. The monoisotopic (exact) mass is 561 g/mol. The minimum atomic E-state index is -0.903. The smallest absolute Gasteiger partial charge is 0.233 e. The van der Waals surface area contributed by atoms with Crippen molar-refractivity contribution in [1.29, 1.82) is 0 Å². The maximum absolute atomic E-state index is 14.2. The number of benzene rings is 3. The lowest BCUT2D eigenvalue weighted by atomic mass is 9.51. The van der Waals surface area contributed by atoms with Gasteiger partial charge in [0.25, 0.3) is 0 Å². The van der Waals surface area contributed by atoms with E-state index < -0.39 is 11.6 Å². The Morgan fingerprint density at radius 1 is 1.05 bits per heavy atom. The van der Waals surface area contributed by atoms with Crippen LogP contribution in [0.4, 0.5) is 10.9 Å². The Morgan fingerprint density at radius 2 is 1.76 bits per heavy atom. The predicted octanol–water partition coefficient (Wildman–Crippen LogP) is 6.66. The summed E-state index contributed by atoms with van der Waals surface area (Å²) in [5.41, 5.74) is 7.03. The summed E-state index contributed by atoms with van der Waals surface area (Å²) < 4.78 is 1.67. The number of hydrogen-bond acceptors (Lipinski definition) is 6. The number of aliphatic hydroxyl groups is 1. The van der Waals surface area contributed by atoms with E-state index in [0.717, 1.165) is 24.1 Å². The molecule has 2 heterocycles. The van der Waals surface area contributed by atoms with E-state index in [-0.39, 0.29) is 17.7 Å². The van der Waals surface area contributed by atoms with Gasteiger partial charge < -0.3 is 15.7 Å². The number of fused-ring (bicyclic) bond motifs is 1. The van der Waals surface area contributed by atoms with Gasteiger partial charge in [-0.1, -0.05) is 73.7 Å². The molecule has 7 nitrogen and oxygen atoms in total. The summed E-state index contributed by atoms with van der Waals surface area (Å²) in [5, 5.41) is 23.7. The van der Waals surface area contributed by atoms with Gasteiger partial charge in [-0.2, -0.15) is 5.10 Å². The lowest BCUT2D eigenvalue weighted by Crippen LogP contribution is -2.48. The number of carbonyl (C=O) groups is 1. The van der Waals surface area contributed by atoms with E-state index in [1.54, 1.807) is 16.9 Å². The van der Waals surface area contributed by atoms with Gasteiger partial charge in [0, 0.05) is 41.5 Å². The average molecular weight is 562 g/mol. The first-order chi connectivity index (χ1) is 20.0. The fraction of sp³-hybridized carbons (Fsp3) is 0.242. The van der Waals surface area contributed by atoms with E-state index in [9.17, 15) is 9.90 Å². The molecular weight excluding hydrogens is 530 g/mol. The molecule has 3 aliphatic rings. The standard InChI is InChI=1S/C33H31N5O2S/c1-3-33(18-26-22-11-4-6-13-24(22)29(33)25-14-7-5-12-23(25)26)31(40)37-32-35-27(19-41-32)20-9-8-10-21(17-20)30(39)36-28-15-16-34-38(28)2/h4-17,19,26,29-30,36,39H,3,18H2,1-2H3,(H,35,37,40). The lowest BCUT2D eigenvalue weighted by Gasteiger charge is -2.52. The first kappa shape index (κ1) is 25.7. The van der Waals surface area contributed by atoms with Crippen LogP contribution in [-0.2, 0) is 11.8 Å². The number of thiazole rings is 1. The molecule has 3 aromatic carbocycles. The number of nitrogens with zero attached hydrogens (tertiary/aromatic N) is 3. The van der Waals surface area contributed by atoms with Gasteiger partial charge in [0.15, 0.2) is 11.4 Å². The molecule has 8 heteroatoms. The number of hydrogen-bond donors (Lipinski definition) is 3. The second kappa shape index (κ2) is 9.98. The number of amides is 1. The van der Waals surface area contributed by atoms with Crippen LogP contribution < -0.4 is 10.6 Å². The van der Waals surface area contributed by atoms with Crippen molar-refractivity contribution in [3.8, 4) is 11.3 Å². The summed E-state index contributed by atoms with van der Waals surface area (Å²) in [4.78, 5) is 19.0. The van der Waals surface area contributed by atoms with Crippen molar-refractivity contribution in [2.45, 2.75) is 37.8 Å². The Bertz CT molecular complexity index is 1710. The van der Waals surface area contributed by atoms with Crippen LogP contribution in [0.15, 0.2) is 90.4 Å². The maximum atomic E-state index is 14.2. The van der Waals surface area contributed by atoms with Crippen LogP contribution in [0.3, 0.4) is 0 Å². The molecule has 0 spiro atoms. The zero-order valence-electron chi connectivity index (χ0n) is 22.9. The molecule has 206 valence electrons. The molecule has 1 amide bonds. The minimum absolute atomic E-state index is 0.00873. The highest BCUT2D eigenvalue weighted by Crippen LogP contribution is 2.62. The third kappa shape index (κ3) is 4.17. The third-order valence-corrected chi connectivity index (χ3v) is 9.65. The third-order valence-electron chi connectivity index (χ3n) is 8.90. The maximum Gasteiger partial charge on any atom is 0.233 e. The van der Waals surface area contributed by atoms with Crippen LogP contribution >= 0.6 is 11.3 Å². The van der Waals surface area contributed by atoms with Crippen LogP contribution in [0.25, 0.3) is 11.3 Å². The molecule has 0 radical (unpaired) electrons. The molecule has 5 aromatic rings. The van der Waals surface area contributed by atoms with Crippen molar-refractivity contribution >= 4 is 28.2 Å². The molecule has 2 aromatic heterocycles. The molecule has 0 saturated heterocycles. The number of nitrogens with one attached hydrogen (secondary N) is 2. The van der Waals surface area contributed by atoms with E-state index in [1.165, 1.54) is 33.6 Å². The Morgan fingerprint density at radius 3 is 2.41 bits per heavy atom. The number of rotatable bonds is 7. The summed E-state index contributed by atoms with van der Waals surface area (Å²) >= 11 is 1.42. The number of carbonyl (C=O) groups excluding carboxylic acids is 1. The van der Waals surface area contributed by atoms with Crippen molar-refractivity contribution in [3.63, 3.8) is 0 Å². The average Bonchev–Trinajstić information content (AvgIpc) is 3.65. The summed E-state index contributed by atoms with van der Waals surface area (Å²) in [6.45, 7) is 2.13.